The quantitative estimate of drug-likeness (QED) is 0.354. The molecule has 0 aliphatic carbocycles. The zero-order chi connectivity index (χ0) is 8.08. The lowest BCUT2D eigenvalue weighted by Gasteiger charge is -1.75. The van der Waals surface area contributed by atoms with Gasteiger partial charge in [0.15, 0.2) is 0 Å². The smallest absolute Gasteiger partial charge is 0.273 e. The molecule has 3 nitrogen and oxygen atoms in total. The van der Waals surface area contributed by atoms with Gasteiger partial charge in [0, 0.05) is 19.5 Å². The molecule has 0 aromatic rings. The maximum absolute atomic E-state index is 8.95. The predicted molar refractivity (Wildman–Crippen MR) is 42.1 cm³/mol. The zero-order valence-electron chi connectivity index (χ0n) is 5.63. The monoisotopic (exact) mass is 190 g/mol. The first-order valence-corrected chi connectivity index (χ1v) is 8.13. The summed E-state index contributed by atoms with van der Waals surface area (Å²) < 4.78 is 25.2. The molecule has 0 unspecified atom stereocenters. The summed E-state index contributed by atoms with van der Waals surface area (Å²) in [5.74, 6) is 0. The molecule has 0 amide bonds. The molecule has 1 N–H and O–H groups in total. The standard InChI is InChI=1S/C3H10Si.ClHO3S/c1-4(2)3;1-5(2,3)4/h4H,1-3H3;(H,2,3,4). The highest BCUT2D eigenvalue weighted by molar-refractivity contribution is 8.09. The second kappa shape index (κ2) is 5.22. The first-order valence-electron chi connectivity index (χ1n) is 2.40. The molecule has 0 aliphatic heterocycles. The van der Waals surface area contributed by atoms with Gasteiger partial charge in [-0.2, -0.15) is 8.42 Å². The van der Waals surface area contributed by atoms with Crippen LogP contribution in [-0.2, 0) is 9.33 Å². The van der Waals surface area contributed by atoms with Crippen LogP contribution in [0.25, 0.3) is 0 Å². The van der Waals surface area contributed by atoms with E-state index in [2.05, 4.69) is 30.3 Å². The normalized spacial score (nSPS) is 10.4. The summed E-state index contributed by atoms with van der Waals surface area (Å²) in [6, 6.07) is 0. The Kier molecular flexibility index (Phi) is 7.04. The van der Waals surface area contributed by atoms with Gasteiger partial charge in [0.1, 0.15) is 0 Å². The van der Waals surface area contributed by atoms with Crippen LogP contribution in [0.5, 0.6) is 0 Å². The van der Waals surface area contributed by atoms with Crippen molar-refractivity contribution in [3.05, 3.63) is 0 Å². The number of hydrogen-bond donors (Lipinski definition) is 1. The molecule has 0 saturated heterocycles. The van der Waals surface area contributed by atoms with Gasteiger partial charge in [-0.3, -0.25) is 4.55 Å². The second-order valence-corrected chi connectivity index (χ2v) is 7.60. The summed E-state index contributed by atoms with van der Waals surface area (Å²) in [6.07, 6.45) is 0. The average Bonchev–Trinajstić information content (AvgIpc) is 1.19. The molecular weight excluding hydrogens is 180 g/mol. The molecule has 0 spiro atoms. The fraction of sp³-hybridized carbons (Fsp3) is 1.00. The molecule has 0 fully saturated rings. The summed E-state index contributed by atoms with van der Waals surface area (Å²) in [4.78, 5) is 0. The van der Waals surface area contributed by atoms with Crippen molar-refractivity contribution in [3.63, 3.8) is 0 Å². The third-order valence-corrected chi connectivity index (χ3v) is 0. The van der Waals surface area contributed by atoms with Crippen molar-refractivity contribution in [2.75, 3.05) is 0 Å². The molecule has 0 aromatic heterocycles. The topological polar surface area (TPSA) is 54.4 Å². The Morgan fingerprint density at radius 1 is 1.33 bits per heavy atom. The molecule has 0 radical (unpaired) electrons. The van der Waals surface area contributed by atoms with E-state index in [0.717, 1.165) is 0 Å². The van der Waals surface area contributed by atoms with Crippen molar-refractivity contribution in [2.45, 2.75) is 19.6 Å². The zero-order valence-corrected chi connectivity index (χ0v) is 8.35. The van der Waals surface area contributed by atoms with Crippen LogP contribution in [0.4, 0.5) is 0 Å². The van der Waals surface area contributed by atoms with E-state index in [1.165, 1.54) is 0 Å². The maximum Gasteiger partial charge on any atom is 0.353 e. The van der Waals surface area contributed by atoms with Crippen molar-refractivity contribution < 1.29 is 13.0 Å². The van der Waals surface area contributed by atoms with Crippen molar-refractivity contribution in [3.8, 4) is 0 Å². The van der Waals surface area contributed by atoms with Crippen LogP contribution >= 0.6 is 10.7 Å². The Hall–Kier alpha value is 0.417. The van der Waals surface area contributed by atoms with Crippen LogP contribution in [0.2, 0.25) is 19.6 Å². The van der Waals surface area contributed by atoms with Gasteiger partial charge in [0.25, 0.3) is 0 Å². The minimum absolute atomic E-state index is 0.139. The minimum atomic E-state index is -4.19. The number of hydrogen-bond acceptors (Lipinski definition) is 2. The van der Waals surface area contributed by atoms with Crippen molar-refractivity contribution >= 4 is 28.8 Å². The van der Waals surface area contributed by atoms with Crippen LogP contribution in [0.3, 0.4) is 0 Å². The molecular formula is C3H11ClO3SSi. The highest BCUT2D eigenvalue weighted by Crippen LogP contribution is 1.82. The van der Waals surface area contributed by atoms with Gasteiger partial charge in [0.05, 0.1) is 0 Å². The van der Waals surface area contributed by atoms with Gasteiger partial charge < -0.3 is 0 Å². The predicted octanol–water partition coefficient (Wildman–Crippen LogP) is 1.13. The van der Waals surface area contributed by atoms with Crippen LogP contribution in [0.1, 0.15) is 0 Å². The lowest BCUT2D eigenvalue weighted by molar-refractivity contribution is 0.501. The first kappa shape index (κ1) is 12.1. The first-order chi connectivity index (χ1) is 3.73. The third-order valence-electron chi connectivity index (χ3n) is 0. The molecule has 0 atom stereocenters. The van der Waals surface area contributed by atoms with Gasteiger partial charge in [-0.25, -0.2) is 0 Å². The molecule has 58 valence electrons. The number of halogens is 1. The van der Waals surface area contributed by atoms with Gasteiger partial charge in [-0.15, -0.1) is 0 Å². The maximum atomic E-state index is 8.95. The highest BCUT2D eigenvalue weighted by atomic mass is 35.7. The second-order valence-electron chi connectivity index (χ2n) is 2.14. The Labute approximate surface area is 61.9 Å². The molecule has 0 heterocycles. The van der Waals surface area contributed by atoms with Crippen molar-refractivity contribution in [1.29, 1.82) is 0 Å². The van der Waals surface area contributed by atoms with Gasteiger partial charge in [0.2, 0.25) is 0 Å². The van der Waals surface area contributed by atoms with Crippen LogP contribution in [0, 0.1) is 0 Å². The molecule has 0 rings (SSSR count). The van der Waals surface area contributed by atoms with Gasteiger partial charge >= 0.3 is 9.33 Å². The molecule has 0 bridgehead atoms. The van der Waals surface area contributed by atoms with E-state index in [1.54, 1.807) is 0 Å². The molecule has 0 aromatic carbocycles. The Morgan fingerprint density at radius 3 is 1.33 bits per heavy atom. The van der Waals surface area contributed by atoms with E-state index in [1.807, 2.05) is 0 Å². The van der Waals surface area contributed by atoms with Crippen molar-refractivity contribution in [1.82, 2.24) is 0 Å². The summed E-state index contributed by atoms with van der Waals surface area (Å²) in [6.45, 7) is 6.92. The van der Waals surface area contributed by atoms with Crippen LogP contribution < -0.4 is 0 Å². The fourth-order valence-electron chi connectivity index (χ4n) is 0. The minimum Gasteiger partial charge on any atom is -0.273 e. The summed E-state index contributed by atoms with van der Waals surface area (Å²) in [5.41, 5.74) is 0. The number of rotatable bonds is 0. The van der Waals surface area contributed by atoms with E-state index in [0.29, 0.717) is 0 Å². The lowest BCUT2D eigenvalue weighted by atomic mass is 11.8. The molecule has 9 heavy (non-hydrogen) atoms. The molecule has 0 aliphatic rings. The van der Waals surface area contributed by atoms with E-state index < -0.39 is 9.33 Å². The largest absolute Gasteiger partial charge is 0.353 e. The average molecular weight is 191 g/mol. The fourth-order valence-corrected chi connectivity index (χ4v) is 0. The summed E-state index contributed by atoms with van der Waals surface area (Å²) >= 11 is 0. The Morgan fingerprint density at radius 2 is 1.33 bits per heavy atom. The van der Waals surface area contributed by atoms with Gasteiger partial charge in [-0.1, -0.05) is 19.6 Å². The van der Waals surface area contributed by atoms with Crippen LogP contribution in [-0.4, -0.2) is 21.8 Å². The highest BCUT2D eigenvalue weighted by Gasteiger charge is 1.86. The Bertz CT molecular complexity index is 130. The Balaban J connectivity index is 0. The summed E-state index contributed by atoms with van der Waals surface area (Å²) in [7, 11) is -0.275. The van der Waals surface area contributed by atoms with E-state index in [-0.39, 0.29) is 8.80 Å². The molecule has 0 saturated carbocycles. The van der Waals surface area contributed by atoms with E-state index in [4.69, 9.17) is 13.0 Å². The third kappa shape index (κ3) is 1990. The summed E-state index contributed by atoms with van der Waals surface area (Å²) in [5, 5.41) is 0. The van der Waals surface area contributed by atoms with Gasteiger partial charge in [-0.05, 0) is 0 Å². The van der Waals surface area contributed by atoms with E-state index >= 15 is 0 Å². The van der Waals surface area contributed by atoms with Crippen LogP contribution in [0.15, 0.2) is 0 Å². The van der Waals surface area contributed by atoms with Crippen molar-refractivity contribution in [2.24, 2.45) is 0 Å². The lowest BCUT2D eigenvalue weighted by Crippen LogP contribution is -1.84. The molecule has 6 heteroatoms. The SMILES string of the molecule is C[SiH](C)C.O=S(=O)(O)Cl. The van der Waals surface area contributed by atoms with E-state index in [9.17, 15) is 0 Å².